The quantitative estimate of drug-likeness (QED) is 0.556. The van der Waals surface area contributed by atoms with Crippen LogP contribution in [0.4, 0.5) is 0 Å². The Morgan fingerprint density at radius 3 is 3.07 bits per heavy atom. The maximum atomic E-state index is 7.77. The molecule has 0 atom stereocenters. The van der Waals surface area contributed by atoms with Crippen molar-refractivity contribution in [2.24, 2.45) is 0 Å². The third kappa shape index (κ3) is 1.50. The first-order chi connectivity index (χ1) is 7.26. The van der Waals surface area contributed by atoms with Crippen LogP contribution in [0.1, 0.15) is 1.37 Å². The topological polar surface area (TPSA) is 47.9 Å². The van der Waals surface area contributed by atoms with Crippen molar-refractivity contribution in [2.75, 3.05) is 13.4 Å². The van der Waals surface area contributed by atoms with Gasteiger partial charge >= 0.3 is 0 Å². The summed E-state index contributed by atoms with van der Waals surface area (Å²) in [6, 6.07) is 1.75. The summed E-state index contributed by atoms with van der Waals surface area (Å²) in [5.41, 5.74) is 0.686. The van der Waals surface area contributed by atoms with E-state index in [4.69, 9.17) is 6.11 Å². The molecule has 0 aliphatic heterocycles. The van der Waals surface area contributed by atoms with Gasteiger partial charge < -0.3 is 4.74 Å². The van der Waals surface area contributed by atoms with Crippen LogP contribution in [-0.4, -0.2) is 28.3 Å². The standard InChI is InChI=1S/C9H9N3OS/c1-13-8-6-5-11-9(14-2)12-7(6)3-4-10-8/h3-5H,1-2H3/i5D. The van der Waals surface area contributed by atoms with E-state index in [-0.39, 0.29) is 6.17 Å². The normalized spacial score (nSPS) is 11.4. The summed E-state index contributed by atoms with van der Waals surface area (Å²) in [4.78, 5) is 12.3. The first-order valence-corrected chi connectivity index (χ1v) is 5.20. The van der Waals surface area contributed by atoms with E-state index in [0.29, 0.717) is 21.9 Å². The van der Waals surface area contributed by atoms with Crippen LogP contribution in [-0.2, 0) is 0 Å². The Morgan fingerprint density at radius 2 is 2.36 bits per heavy atom. The van der Waals surface area contributed by atoms with Crippen LogP contribution in [0.2, 0.25) is 0 Å². The van der Waals surface area contributed by atoms with Gasteiger partial charge in [-0.3, -0.25) is 0 Å². The van der Waals surface area contributed by atoms with Crippen LogP contribution >= 0.6 is 11.8 Å². The largest absolute Gasteiger partial charge is 0.480 e. The molecule has 0 amide bonds. The highest BCUT2D eigenvalue weighted by atomic mass is 32.2. The van der Waals surface area contributed by atoms with Crippen molar-refractivity contribution in [2.45, 2.75) is 5.16 Å². The zero-order chi connectivity index (χ0) is 10.8. The molecule has 5 heteroatoms. The second-order valence-corrected chi connectivity index (χ2v) is 3.31. The van der Waals surface area contributed by atoms with Crippen LogP contribution in [0.15, 0.2) is 23.6 Å². The van der Waals surface area contributed by atoms with E-state index in [1.165, 1.54) is 18.9 Å². The van der Waals surface area contributed by atoms with E-state index in [0.717, 1.165) is 0 Å². The molecule has 0 aromatic carbocycles. The van der Waals surface area contributed by atoms with Gasteiger partial charge in [0, 0.05) is 12.4 Å². The lowest BCUT2D eigenvalue weighted by molar-refractivity contribution is 0.403. The maximum absolute atomic E-state index is 7.77. The number of nitrogens with zero attached hydrogens (tertiary/aromatic N) is 3. The number of fused-ring (bicyclic) bond motifs is 1. The summed E-state index contributed by atoms with van der Waals surface area (Å²) in [6.45, 7) is 0. The smallest absolute Gasteiger partial charge is 0.224 e. The van der Waals surface area contributed by atoms with Gasteiger partial charge in [-0.25, -0.2) is 15.0 Å². The van der Waals surface area contributed by atoms with Gasteiger partial charge in [0.1, 0.15) is 0 Å². The summed E-state index contributed by atoms with van der Waals surface area (Å²) >= 11 is 1.41. The summed E-state index contributed by atoms with van der Waals surface area (Å²) in [5.74, 6) is 0.394. The molecule has 2 aromatic heterocycles. The van der Waals surface area contributed by atoms with E-state index in [1.54, 1.807) is 12.3 Å². The van der Waals surface area contributed by atoms with Gasteiger partial charge in [0.05, 0.1) is 19.4 Å². The van der Waals surface area contributed by atoms with Gasteiger partial charge in [0.2, 0.25) is 5.88 Å². The summed E-state index contributed by atoms with van der Waals surface area (Å²) in [6.07, 6.45) is 3.63. The first-order valence-electron chi connectivity index (χ1n) is 4.47. The van der Waals surface area contributed by atoms with Crippen LogP contribution < -0.4 is 4.74 Å². The number of hydrogen-bond acceptors (Lipinski definition) is 5. The molecule has 4 nitrogen and oxygen atoms in total. The molecule has 72 valence electrons. The molecule has 0 radical (unpaired) electrons. The summed E-state index contributed by atoms with van der Waals surface area (Å²) in [5, 5.41) is 1.14. The van der Waals surface area contributed by atoms with E-state index < -0.39 is 0 Å². The van der Waals surface area contributed by atoms with E-state index in [2.05, 4.69) is 15.0 Å². The van der Waals surface area contributed by atoms with E-state index >= 15 is 0 Å². The Hall–Kier alpha value is -1.36. The van der Waals surface area contributed by atoms with Crippen LogP contribution in [0.25, 0.3) is 10.9 Å². The molecular weight excluding hydrogens is 198 g/mol. The van der Waals surface area contributed by atoms with Crippen molar-refractivity contribution >= 4 is 22.7 Å². The highest BCUT2D eigenvalue weighted by Gasteiger charge is 2.04. The van der Waals surface area contributed by atoms with Gasteiger partial charge in [-0.05, 0) is 12.3 Å². The van der Waals surface area contributed by atoms with Crippen LogP contribution in [0.3, 0.4) is 0 Å². The van der Waals surface area contributed by atoms with Gasteiger partial charge in [-0.1, -0.05) is 11.8 Å². The monoisotopic (exact) mass is 208 g/mol. The SMILES string of the molecule is [2H]c1nc(SC)nc2ccnc(OC)c12. The highest BCUT2D eigenvalue weighted by molar-refractivity contribution is 7.98. The molecule has 0 saturated carbocycles. The number of pyridine rings is 1. The zero-order valence-electron chi connectivity index (χ0n) is 8.81. The molecular formula is C9H9N3OS. The fraction of sp³-hybridized carbons (Fsp3) is 0.222. The number of aromatic nitrogens is 3. The van der Waals surface area contributed by atoms with Crippen LogP contribution in [0.5, 0.6) is 5.88 Å². The fourth-order valence-corrected chi connectivity index (χ4v) is 1.44. The van der Waals surface area contributed by atoms with Crippen molar-refractivity contribution in [3.05, 3.63) is 18.4 Å². The van der Waals surface area contributed by atoms with E-state index in [1.807, 2.05) is 6.26 Å². The second-order valence-electron chi connectivity index (χ2n) is 2.54. The first kappa shape index (κ1) is 7.99. The number of thioether (sulfide) groups is 1. The predicted octanol–water partition coefficient (Wildman–Crippen LogP) is 1.76. The Balaban J connectivity index is 2.78. The van der Waals surface area contributed by atoms with Crippen molar-refractivity contribution in [3.8, 4) is 5.88 Å². The van der Waals surface area contributed by atoms with Crippen molar-refractivity contribution in [3.63, 3.8) is 0 Å². The molecule has 0 unspecified atom stereocenters. The molecule has 0 aliphatic rings. The molecule has 14 heavy (non-hydrogen) atoms. The zero-order valence-corrected chi connectivity index (χ0v) is 8.63. The number of ether oxygens (including phenoxy) is 1. The lowest BCUT2D eigenvalue weighted by Gasteiger charge is -2.03. The second kappa shape index (κ2) is 3.79. The molecule has 2 aromatic rings. The summed E-state index contributed by atoms with van der Waals surface area (Å²) in [7, 11) is 1.52. The fourth-order valence-electron chi connectivity index (χ4n) is 1.11. The van der Waals surface area contributed by atoms with E-state index in [9.17, 15) is 0 Å². The van der Waals surface area contributed by atoms with Gasteiger partial charge in [0.25, 0.3) is 0 Å². The number of hydrogen-bond donors (Lipinski definition) is 0. The molecule has 0 bridgehead atoms. The minimum atomic E-state index is 0.148. The van der Waals surface area contributed by atoms with Gasteiger partial charge in [-0.15, -0.1) is 0 Å². The predicted molar refractivity (Wildman–Crippen MR) is 55.7 cm³/mol. The van der Waals surface area contributed by atoms with Crippen LogP contribution in [0, 0.1) is 0 Å². The minimum absolute atomic E-state index is 0.148. The summed E-state index contributed by atoms with van der Waals surface area (Å²) < 4.78 is 12.8. The van der Waals surface area contributed by atoms with Crippen molar-refractivity contribution < 1.29 is 6.11 Å². The maximum Gasteiger partial charge on any atom is 0.224 e. The minimum Gasteiger partial charge on any atom is -0.480 e. The Bertz CT molecular complexity index is 506. The average molecular weight is 208 g/mol. The Labute approximate surface area is 87.1 Å². The Morgan fingerprint density at radius 1 is 1.50 bits per heavy atom. The van der Waals surface area contributed by atoms with Crippen molar-refractivity contribution in [1.29, 1.82) is 0 Å². The molecule has 2 heterocycles. The van der Waals surface area contributed by atoms with Crippen molar-refractivity contribution in [1.82, 2.24) is 15.0 Å². The molecule has 0 spiro atoms. The number of methoxy groups -OCH3 is 1. The molecule has 0 aliphatic carbocycles. The third-order valence-corrected chi connectivity index (χ3v) is 2.30. The van der Waals surface area contributed by atoms with Gasteiger partial charge in [0.15, 0.2) is 5.16 Å². The lowest BCUT2D eigenvalue weighted by Crippen LogP contribution is -1.92. The average Bonchev–Trinajstić information content (AvgIpc) is 2.27. The highest BCUT2D eigenvalue weighted by Crippen LogP contribution is 2.21. The molecule has 0 fully saturated rings. The molecule has 0 N–H and O–H groups in total. The lowest BCUT2D eigenvalue weighted by atomic mass is 10.3. The van der Waals surface area contributed by atoms with Gasteiger partial charge in [-0.2, -0.15) is 0 Å². The number of rotatable bonds is 2. The molecule has 2 rings (SSSR count). The molecule has 0 saturated heterocycles. The third-order valence-electron chi connectivity index (χ3n) is 1.75. The Kier molecular flexibility index (Phi) is 2.16.